The number of fused-ring (bicyclic) bond motifs is 2. The molecule has 1 saturated heterocycles. The maximum atomic E-state index is 13.7. The Labute approximate surface area is 210 Å². The van der Waals surface area contributed by atoms with Crippen LogP contribution in [0.2, 0.25) is 18.1 Å². The molecule has 35 heavy (non-hydrogen) atoms. The highest BCUT2D eigenvalue weighted by atomic mass is 28.4. The molecule has 0 bridgehead atoms. The summed E-state index contributed by atoms with van der Waals surface area (Å²) >= 11 is 0. The smallest absolute Gasteiger partial charge is 0.372 e. The number of hydrogen-bond donors (Lipinski definition) is 1. The van der Waals surface area contributed by atoms with Gasteiger partial charge in [0.1, 0.15) is 5.78 Å². The van der Waals surface area contributed by atoms with E-state index in [-0.39, 0.29) is 28.8 Å². The van der Waals surface area contributed by atoms with Gasteiger partial charge in [-0.05, 0) is 62.1 Å². The average molecular weight is 509 g/mol. The van der Waals surface area contributed by atoms with Crippen LogP contribution in [0.3, 0.4) is 0 Å². The molecule has 1 N–H and O–H groups in total. The summed E-state index contributed by atoms with van der Waals surface area (Å²) in [5, 5.41) is 9.86. The third-order valence-corrected chi connectivity index (χ3v) is 15.2. The fraction of sp³-hybridized carbons (Fsp3) is 0.889. The van der Waals surface area contributed by atoms with Crippen LogP contribution < -0.4 is 0 Å². The Morgan fingerprint density at radius 1 is 1.00 bits per heavy atom. The molecule has 198 valence electrons. The molecule has 6 atom stereocenters. The Hall–Kier alpha value is -1.09. The zero-order valence-corrected chi connectivity index (χ0v) is 23.6. The lowest BCUT2D eigenvalue weighted by atomic mass is 9.50. The van der Waals surface area contributed by atoms with E-state index in [0.717, 1.165) is 12.8 Å². The lowest BCUT2D eigenvalue weighted by Crippen LogP contribution is -2.58. The molecule has 4 rings (SSSR count). The molecule has 3 saturated carbocycles. The molecular weight excluding hydrogens is 464 g/mol. The summed E-state index contributed by atoms with van der Waals surface area (Å²) in [7, 11) is -2.01. The van der Waals surface area contributed by atoms with Gasteiger partial charge < -0.3 is 19.0 Å². The van der Waals surface area contributed by atoms with E-state index in [0.29, 0.717) is 45.3 Å². The van der Waals surface area contributed by atoms with Gasteiger partial charge in [-0.2, -0.15) is 0 Å². The van der Waals surface area contributed by atoms with E-state index in [9.17, 15) is 19.5 Å². The summed E-state index contributed by atoms with van der Waals surface area (Å²) in [6.07, 6.45) is 4.35. The minimum Gasteiger partial charge on any atom is -0.475 e. The number of ether oxygens (including phenoxy) is 2. The van der Waals surface area contributed by atoms with Crippen LogP contribution in [-0.4, -0.2) is 56.1 Å². The molecule has 1 heterocycles. The predicted octanol–water partition coefficient (Wildman–Crippen LogP) is 4.98. The second kappa shape index (κ2) is 8.74. The first-order valence-electron chi connectivity index (χ1n) is 13.3. The highest BCUT2D eigenvalue weighted by Crippen LogP contribution is 2.66. The topological polar surface area (TPSA) is 99.1 Å². The van der Waals surface area contributed by atoms with Gasteiger partial charge in [-0.3, -0.25) is 9.59 Å². The number of carbonyl (C=O) groups excluding carboxylic acids is 2. The number of carbonyl (C=O) groups is 3. The molecule has 0 aromatic heterocycles. The van der Waals surface area contributed by atoms with Gasteiger partial charge in [-0.25, -0.2) is 4.79 Å². The van der Waals surface area contributed by atoms with Crippen LogP contribution in [0.4, 0.5) is 0 Å². The van der Waals surface area contributed by atoms with Crippen molar-refractivity contribution < 1.29 is 33.4 Å². The molecule has 0 radical (unpaired) electrons. The van der Waals surface area contributed by atoms with E-state index in [1.54, 1.807) is 0 Å². The Kier molecular flexibility index (Phi) is 6.73. The number of carboxylic acids is 1. The minimum atomic E-state index is -2.01. The van der Waals surface area contributed by atoms with E-state index < -0.39 is 42.6 Å². The van der Waals surface area contributed by atoms with Crippen LogP contribution in [-0.2, 0) is 28.3 Å². The Morgan fingerprint density at radius 2 is 1.60 bits per heavy atom. The van der Waals surface area contributed by atoms with Crippen molar-refractivity contribution in [3.63, 3.8) is 0 Å². The fourth-order valence-corrected chi connectivity index (χ4v) is 8.87. The zero-order chi connectivity index (χ0) is 26.0. The maximum Gasteiger partial charge on any atom is 0.372 e. The SMILES string of the molecule is CC(C)(C)[Si](C)(C)O[C@H]1CC[C@](C)(C2CC[C@@]3(C)C(CCC34OCCO4)C2C(=O)C(=O)O)C(=O)C1. The van der Waals surface area contributed by atoms with Crippen molar-refractivity contribution in [3.05, 3.63) is 0 Å². The molecule has 4 fully saturated rings. The standard InChI is InChI=1S/C27H44O7Si/c1-24(2,3)35(6,7)34-17-8-11-25(4,20(28)16-17)18-9-12-26(5)19(21(18)22(29)23(30)31)10-13-27(26)32-14-15-33-27/h17-19,21H,8-16H2,1-7H3,(H,30,31)/t17-,18?,19?,21?,25+,26-/m0/s1. The van der Waals surface area contributed by atoms with Crippen LogP contribution in [0.1, 0.15) is 79.6 Å². The van der Waals surface area contributed by atoms with Crippen LogP contribution in [0.15, 0.2) is 0 Å². The molecule has 1 aliphatic heterocycles. The van der Waals surface area contributed by atoms with Gasteiger partial charge in [0, 0.05) is 29.6 Å². The molecule has 0 aromatic rings. The van der Waals surface area contributed by atoms with Gasteiger partial charge in [0.25, 0.3) is 0 Å². The van der Waals surface area contributed by atoms with E-state index in [4.69, 9.17) is 13.9 Å². The molecule has 0 amide bonds. The monoisotopic (exact) mass is 508 g/mol. The van der Waals surface area contributed by atoms with Crippen LogP contribution in [0.25, 0.3) is 0 Å². The van der Waals surface area contributed by atoms with Crippen LogP contribution in [0.5, 0.6) is 0 Å². The Morgan fingerprint density at radius 3 is 2.14 bits per heavy atom. The molecule has 3 aliphatic carbocycles. The van der Waals surface area contributed by atoms with Crippen molar-refractivity contribution in [2.75, 3.05) is 13.2 Å². The molecular formula is C27H44O7Si. The third-order valence-electron chi connectivity index (χ3n) is 10.7. The van der Waals surface area contributed by atoms with Crippen molar-refractivity contribution in [2.24, 2.45) is 28.6 Å². The van der Waals surface area contributed by atoms with Crippen molar-refractivity contribution in [1.82, 2.24) is 0 Å². The van der Waals surface area contributed by atoms with Gasteiger partial charge in [0.05, 0.1) is 19.3 Å². The van der Waals surface area contributed by atoms with E-state index in [1.807, 2.05) is 6.92 Å². The number of ketones is 2. The lowest BCUT2D eigenvalue weighted by molar-refractivity contribution is -0.241. The van der Waals surface area contributed by atoms with Gasteiger partial charge in [-0.15, -0.1) is 0 Å². The van der Waals surface area contributed by atoms with Gasteiger partial charge >= 0.3 is 5.97 Å². The summed E-state index contributed by atoms with van der Waals surface area (Å²) in [6.45, 7) is 16.1. The summed E-state index contributed by atoms with van der Waals surface area (Å²) in [6, 6.07) is 0. The average Bonchev–Trinajstić information content (AvgIpc) is 3.35. The summed E-state index contributed by atoms with van der Waals surface area (Å²) in [5.74, 6) is -3.94. The highest BCUT2D eigenvalue weighted by molar-refractivity contribution is 6.74. The second-order valence-electron chi connectivity index (χ2n) is 13.4. The fourth-order valence-electron chi connectivity index (χ4n) is 7.48. The lowest BCUT2D eigenvalue weighted by Gasteiger charge is -2.54. The van der Waals surface area contributed by atoms with Crippen molar-refractivity contribution >= 4 is 25.9 Å². The van der Waals surface area contributed by atoms with E-state index in [1.165, 1.54) is 0 Å². The minimum absolute atomic E-state index is 0.0619. The number of hydrogen-bond acceptors (Lipinski definition) is 6. The molecule has 0 aromatic carbocycles. The quantitative estimate of drug-likeness (QED) is 0.413. The first-order chi connectivity index (χ1) is 16.1. The molecule has 3 unspecified atom stereocenters. The number of Topliss-reactive ketones (excluding diaryl/α,β-unsaturated/α-hetero) is 2. The predicted molar refractivity (Wildman–Crippen MR) is 133 cm³/mol. The Bertz CT molecular complexity index is 886. The van der Waals surface area contributed by atoms with Crippen molar-refractivity contribution in [3.8, 4) is 0 Å². The van der Waals surface area contributed by atoms with E-state index in [2.05, 4.69) is 40.8 Å². The first-order valence-corrected chi connectivity index (χ1v) is 16.2. The normalized spacial score (nSPS) is 39.6. The van der Waals surface area contributed by atoms with Crippen molar-refractivity contribution in [2.45, 2.75) is 110 Å². The van der Waals surface area contributed by atoms with E-state index >= 15 is 0 Å². The highest BCUT2D eigenvalue weighted by Gasteiger charge is 2.68. The van der Waals surface area contributed by atoms with Crippen molar-refractivity contribution in [1.29, 1.82) is 0 Å². The molecule has 8 heteroatoms. The van der Waals surface area contributed by atoms with Crippen LogP contribution in [0, 0.1) is 28.6 Å². The molecule has 1 spiro atoms. The summed E-state index contributed by atoms with van der Waals surface area (Å²) in [5.41, 5.74) is -1.16. The largest absolute Gasteiger partial charge is 0.475 e. The number of carboxylic acid groups (broad SMARTS) is 1. The molecule has 7 nitrogen and oxygen atoms in total. The number of rotatable bonds is 5. The van der Waals surface area contributed by atoms with Gasteiger partial charge in [0.2, 0.25) is 5.78 Å². The van der Waals surface area contributed by atoms with Crippen LogP contribution >= 0.6 is 0 Å². The van der Waals surface area contributed by atoms with Gasteiger partial charge in [0.15, 0.2) is 14.1 Å². The Balaban J connectivity index is 1.60. The summed E-state index contributed by atoms with van der Waals surface area (Å²) in [4.78, 5) is 39.0. The second-order valence-corrected chi connectivity index (χ2v) is 18.2. The maximum absolute atomic E-state index is 13.7. The zero-order valence-electron chi connectivity index (χ0n) is 22.6. The molecule has 4 aliphatic rings. The number of aliphatic carboxylic acids is 1. The third kappa shape index (κ3) is 4.16. The van der Waals surface area contributed by atoms with Gasteiger partial charge in [-0.1, -0.05) is 34.6 Å². The summed E-state index contributed by atoms with van der Waals surface area (Å²) < 4.78 is 18.8. The first kappa shape index (κ1) is 27.0.